The normalized spacial score (nSPS) is 11.9. The van der Waals surface area contributed by atoms with Gasteiger partial charge in [0.05, 0.1) is 22.8 Å². The van der Waals surface area contributed by atoms with Crippen molar-refractivity contribution in [2.75, 3.05) is 11.9 Å². The molecule has 0 aliphatic rings. The van der Waals surface area contributed by atoms with Crippen molar-refractivity contribution >= 4 is 47.0 Å². The lowest BCUT2D eigenvalue weighted by atomic mass is 10.1. The van der Waals surface area contributed by atoms with E-state index in [0.717, 1.165) is 28.0 Å². The van der Waals surface area contributed by atoms with Gasteiger partial charge in [-0.1, -0.05) is 18.2 Å². The summed E-state index contributed by atoms with van der Waals surface area (Å²) >= 11 is 0.979. The number of carbonyl (C=O) groups is 3. The molecule has 10 heteroatoms. The average Bonchev–Trinajstić information content (AvgIpc) is 3.03. The molecule has 0 fully saturated rings. The Morgan fingerprint density at radius 3 is 2.55 bits per heavy atom. The van der Waals surface area contributed by atoms with Crippen molar-refractivity contribution in [2.24, 2.45) is 0 Å². The summed E-state index contributed by atoms with van der Waals surface area (Å²) in [7, 11) is 0. The summed E-state index contributed by atoms with van der Waals surface area (Å²) < 4.78 is 19.8. The summed E-state index contributed by atoms with van der Waals surface area (Å²) in [5.41, 5.74) is 0.371. The van der Waals surface area contributed by atoms with Gasteiger partial charge < -0.3 is 15.2 Å². The third-order valence-corrected chi connectivity index (χ3v) is 5.39. The molecule has 0 saturated heterocycles. The molecule has 1 aromatic heterocycles. The Hall–Kier alpha value is -4.05. The minimum Gasteiger partial charge on any atom is -0.478 e. The number of amides is 1. The third-order valence-electron chi connectivity index (χ3n) is 4.33. The predicted octanol–water partition coefficient (Wildman–Crippen LogP) is 1.56. The van der Waals surface area contributed by atoms with Gasteiger partial charge >= 0.3 is 11.9 Å². The number of rotatable bonds is 7. The fourth-order valence-corrected chi connectivity index (χ4v) is 3.89. The second kappa shape index (κ2) is 10.5. The van der Waals surface area contributed by atoms with Gasteiger partial charge in [0, 0.05) is 5.69 Å². The van der Waals surface area contributed by atoms with E-state index in [1.165, 1.54) is 36.4 Å². The van der Waals surface area contributed by atoms with Crippen molar-refractivity contribution in [2.45, 2.75) is 13.5 Å². The Morgan fingerprint density at radius 1 is 1.18 bits per heavy atom. The first-order valence-corrected chi connectivity index (χ1v) is 10.6. The smallest absolute Gasteiger partial charge is 0.335 e. The lowest BCUT2D eigenvalue weighted by Gasteiger charge is -2.06. The molecule has 0 spiro atoms. The summed E-state index contributed by atoms with van der Waals surface area (Å²) in [5.74, 6) is -2.86. The lowest BCUT2D eigenvalue weighted by Crippen LogP contribution is -2.36. The SMILES string of the molecule is CCOC(=O)/C=c1\s/c(=C\c2ccc(C(=O)O)cc2)c(=O)n1CC(=O)Nc1cccc(F)c1. The molecule has 1 heterocycles. The fourth-order valence-electron chi connectivity index (χ4n) is 2.86. The Kier molecular flexibility index (Phi) is 7.52. The average molecular weight is 470 g/mol. The number of aromatic carboxylic acids is 1. The number of hydrogen-bond acceptors (Lipinski definition) is 6. The first-order chi connectivity index (χ1) is 15.8. The number of ether oxygens (including phenoxy) is 1. The molecule has 3 rings (SSSR count). The van der Waals surface area contributed by atoms with Crippen LogP contribution in [0.5, 0.6) is 0 Å². The van der Waals surface area contributed by atoms with Crippen molar-refractivity contribution < 1.29 is 28.6 Å². The Bertz CT molecular complexity index is 1380. The van der Waals surface area contributed by atoms with Gasteiger partial charge in [-0.3, -0.25) is 14.2 Å². The zero-order chi connectivity index (χ0) is 24.0. The molecule has 0 unspecified atom stereocenters. The Balaban J connectivity index is 1.99. The van der Waals surface area contributed by atoms with Crippen LogP contribution in [-0.2, 0) is 20.9 Å². The molecule has 1 amide bonds. The van der Waals surface area contributed by atoms with E-state index in [9.17, 15) is 23.6 Å². The standard InChI is InChI=1S/C23H19FN2O6S/c1-2-32-21(28)12-20-26(13-19(27)25-17-5-3-4-16(24)11-17)22(29)18(33-20)10-14-6-8-15(9-7-14)23(30)31/h3-12H,2,13H2,1H3,(H,25,27)(H,30,31)/b18-10-,20-12-. The number of aromatic nitrogens is 1. The van der Waals surface area contributed by atoms with E-state index in [2.05, 4.69) is 5.32 Å². The third kappa shape index (κ3) is 6.23. The number of carbonyl (C=O) groups excluding carboxylic acids is 2. The molecule has 3 aromatic rings. The number of nitrogens with one attached hydrogen (secondary N) is 1. The number of carboxylic acid groups (broad SMARTS) is 1. The van der Waals surface area contributed by atoms with E-state index >= 15 is 0 Å². The lowest BCUT2D eigenvalue weighted by molar-refractivity contribution is -0.135. The van der Waals surface area contributed by atoms with Crippen molar-refractivity contribution in [3.05, 3.63) is 85.0 Å². The molecular weight excluding hydrogens is 451 g/mol. The highest BCUT2D eigenvalue weighted by Crippen LogP contribution is 2.09. The van der Waals surface area contributed by atoms with Gasteiger partial charge in [0.2, 0.25) is 5.91 Å². The minimum absolute atomic E-state index is 0.0982. The predicted molar refractivity (Wildman–Crippen MR) is 121 cm³/mol. The van der Waals surface area contributed by atoms with E-state index in [1.807, 2.05) is 0 Å². The highest BCUT2D eigenvalue weighted by molar-refractivity contribution is 7.07. The minimum atomic E-state index is -1.07. The van der Waals surface area contributed by atoms with Crippen LogP contribution in [0.3, 0.4) is 0 Å². The van der Waals surface area contributed by atoms with E-state index in [1.54, 1.807) is 19.1 Å². The quantitative estimate of drug-likeness (QED) is 0.507. The van der Waals surface area contributed by atoms with Crippen LogP contribution in [0.15, 0.2) is 53.3 Å². The van der Waals surface area contributed by atoms with Crippen molar-refractivity contribution in [1.82, 2.24) is 4.57 Å². The van der Waals surface area contributed by atoms with Crippen molar-refractivity contribution in [1.29, 1.82) is 0 Å². The first-order valence-electron chi connectivity index (χ1n) is 9.75. The summed E-state index contributed by atoms with van der Waals surface area (Å²) in [6.45, 7) is 1.36. The molecule has 8 nitrogen and oxygen atoms in total. The molecule has 33 heavy (non-hydrogen) atoms. The van der Waals surface area contributed by atoms with Gasteiger partial charge in [-0.25, -0.2) is 14.0 Å². The Labute approximate surface area is 190 Å². The molecule has 2 aromatic carbocycles. The summed E-state index contributed by atoms with van der Waals surface area (Å²) in [5, 5.41) is 11.5. The maximum Gasteiger partial charge on any atom is 0.335 e. The second-order valence-corrected chi connectivity index (χ2v) is 7.78. The van der Waals surface area contributed by atoms with E-state index in [4.69, 9.17) is 9.84 Å². The zero-order valence-electron chi connectivity index (χ0n) is 17.4. The molecule has 0 aliphatic heterocycles. The number of nitrogens with zero attached hydrogens (tertiary/aromatic N) is 1. The van der Waals surface area contributed by atoms with Gasteiger partial charge in [-0.2, -0.15) is 0 Å². The second-order valence-electron chi connectivity index (χ2n) is 6.72. The number of halogens is 1. The highest BCUT2D eigenvalue weighted by atomic mass is 32.1. The monoisotopic (exact) mass is 470 g/mol. The van der Waals surface area contributed by atoms with Crippen LogP contribution >= 0.6 is 11.3 Å². The Morgan fingerprint density at radius 2 is 1.91 bits per heavy atom. The number of anilines is 1. The maximum absolute atomic E-state index is 13.4. The summed E-state index contributed by atoms with van der Waals surface area (Å²) in [4.78, 5) is 48.5. The number of carboxylic acids is 1. The molecule has 0 aliphatic carbocycles. The number of thiazole rings is 1. The number of benzene rings is 2. The molecular formula is C23H19FN2O6S. The number of esters is 1. The molecule has 0 atom stereocenters. The topological polar surface area (TPSA) is 115 Å². The van der Waals surface area contributed by atoms with Crippen molar-refractivity contribution in [3.8, 4) is 0 Å². The van der Waals surface area contributed by atoms with E-state index in [-0.39, 0.29) is 27.1 Å². The van der Waals surface area contributed by atoms with Gasteiger partial charge in [0.1, 0.15) is 17.0 Å². The zero-order valence-corrected chi connectivity index (χ0v) is 18.2. The van der Waals surface area contributed by atoms with Crippen LogP contribution in [0, 0.1) is 5.82 Å². The fraction of sp³-hybridized carbons (Fsp3) is 0.130. The molecule has 2 N–H and O–H groups in total. The van der Waals surface area contributed by atoms with Gasteiger partial charge in [-0.15, -0.1) is 11.3 Å². The van der Waals surface area contributed by atoms with Crippen LogP contribution in [0.4, 0.5) is 10.1 Å². The van der Waals surface area contributed by atoms with E-state index in [0.29, 0.717) is 5.56 Å². The van der Waals surface area contributed by atoms with Gasteiger partial charge in [-0.05, 0) is 48.9 Å². The van der Waals surface area contributed by atoms with Crippen molar-refractivity contribution in [3.63, 3.8) is 0 Å². The van der Waals surface area contributed by atoms with Crippen LogP contribution in [0.2, 0.25) is 0 Å². The van der Waals surface area contributed by atoms with E-state index < -0.39 is 35.8 Å². The highest BCUT2D eigenvalue weighted by Gasteiger charge is 2.12. The van der Waals surface area contributed by atoms with Crippen LogP contribution in [0.25, 0.3) is 12.2 Å². The molecule has 0 saturated carbocycles. The molecule has 0 bridgehead atoms. The first kappa shape index (κ1) is 23.6. The maximum atomic E-state index is 13.4. The number of hydrogen-bond donors (Lipinski definition) is 2. The largest absolute Gasteiger partial charge is 0.478 e. The van der Waals surface area contributed by atoms with Gasteiger partial charge in [0.25, 0.3) is 5.56 Å². The molecule has 170 valence electrons. The molecule has 0 radical (unpaired) electrons. The summed E-state index contributed by atoms with van der Waals surface area (Å²) in [6, 6.07) is 11.2. The van der Waals surface area contributed by atoms with Gasteiger partial charge in [0.15, 0.2) is 0 Å². The summed E-state index contributed by atoms with van der Waals surface area (Å²) in [6.07, 6.45) is 2.65. The van der Waals surface area contributed by atoms with Crippen LogP contribution in [0.1, 0.15) is 22.8 Å². The van der Waals surface area contributed by atoms with Crippen LogP contribution < -0.4 is 20.1 Å². The van der Waals surface area contributed by atoms with Crippen LogP contribution in [-0.4, -0.2) is 34.1 Å².